The van der Waals surface area contributed by atoms with Gasteiger partial charge in [0.15, 0.2) is 0 Å². The fourth-order valence-electron chi connectivity index (χ4n) is 5.96. The van der Waals surface area contributed by atoms with Crippen LogP contribution in [-0.4, -0.2) is 128 Å². The molecule has 10 nitrogen and oxygen atoms in total. The minimum atomic E-state index is -1.11. The highest BCUT2D eigenvalue weighted by Crippen LogP contribution is 2.52. The molecular formula is C24H38N4O6S2. The number of β-lactam (4-membered cyclic amide) rings is 1. The van der Waals surface area contributed by atoms with E-state index in [1.807, 2.05) is 11.8 Å². The lowest BCUT2D eigenvalue weighted by Crippen LogP contribution is -2.63. The van der Waals surface area contributed by atoms with Crippen molar-refractivity contribution in [2.45, 2.75) is 55.9 Å². The molecule has 7 atom stereocenters. The van der Waals surface area contributed by atoms with Crippen LogP contribution in [0.15, 0.2) is 10.6 Å². The number of β-amino-alcohol motifs (C(OH)–C–C–N with tert-alkyl or cyclic N) is 1. The Kier molecular flexibility index (Phi) is 8.94. The van der Waals surface area contributed by atoms with Gasteiger partial charge in [-0.05, 0) is 19.1 Å². The number of aliphatic carboxylic acids is 1. The highest BCUT2D eigenvalue weighted by atomic mass is 32.2. The van der Waals surface area contributed by atoms with E-state index < -0.39 is 18.0 Å². The fourth-order valence-corrected chi connectivity index (χ4v) is 8.55. The second-order valence-electron chi connectivity index (χ2n) is 10.0. The van der Waals surface area contributed by atoms with Crippen molar-refractivity contribution in [1.82, 2.24) is 20.0 Å². The smallest absolute Gasteiger partial charge is 0.353 e. The molecule has 4 aliphatic heterocycles. The molecule has 0 saturated carbocycles. The molecule has 3 saturated heterocycles. The molecule has 36 heavy (non-hydrogen) atoms. The number of carboxylic acid groups (broad SMARTS) is 1. The lowest BCUT2D eigenvalue weighted by Gasteiger charge is -2.46. The zero-order valence-corrected chi connectivity index (χ0v) is 22.8. The van der Waals surface area contributed by atoms with Gasteiger partial charge in [-0.3, -0.25) is 14.5 Å². The number of hydrogen-bond donors (Lipinski definition) is 4. The minimum absolute atomic E-state index is 0.00937. The number of carbonyl (C=O) groups is 3. The van der Waals surface area contributed by atoms with Crippen LogP contribution in [0.5, 0.6) is 0 Å². The van der Waals surface area contributed by atoms with Crippen LogP contribution in [0.25, 0.3) is 0 Å². The van der Waals surface area contributed by atoms with Crippen LogP contribution >= 0.6 is 23.5 Å². The molecule has 4 heterocycles. The third kappa shape index (κ3) is 5.17. The van der Waals surface area contributed by atoms with Crippen molar-refractivity contribution in [3.05, 3.63) is 10.6 Å². The fraction of sp³-hybridized carbons (Fsp3) is 0.792. The summed E-state index contributed by atoms with van der Waals surface area (Å²) in [5, 5.41) is 32.5. The summed E-state index contributed by atoms with van der Waals surface area (Å²) in [5.74, 6) is -1.19. The van der Waals surface area contributed by atoms with Crippen LogP contribution in [0, 0.1) is 11.8 Å². The average Bonchev–Trinajstić information content (AvgIpc) is 3.39. The number of hydrogen-bond acceptors (Lipinski definition) is 9. The number of rotatable bonds is 10. The number of piperazine rings is 1. The van der Waals surface area contributed by atoms with Crippen molar-refractivity contribution in [3.63, 3.8) is 0 Å². The summed E-state index contributed by atoms with van der Waals surface area (Å²) in [6, 6.07) is -0.324. The molecule has 3 fully saturated rings. The molecule has 4 rings (SSSR count). The van der Waals surface area contributed by atoms with Crippen LogP contribution in [-0.2, 0) is 14.4 Å². The summed E-state index contributed by atoms with van der Waals surface area (Å²) >= 11 is 3.16. The third-order valence-electron chi connectivity index (χ3n) is 7.78. The predicted octanol–water partition coefficient (Wildman–Crippen LogP) is -0.138. The number of nitrogens with zero attached hydrogens (tertiary/aromatic N) is 3. The SMILES string of the molecule is CCSC(C(=O)N1CCN(CCO)CC1)[C@@H]1C[C@H](SC2=C(C(=O)O)N3C(=O)[C@H]([C@@H](C)O)[C@H]3[C@H]2C)CN1. The van der Waals surface area contributed by atoms with Crippen LogP contribution in [0.1, 0.15) is 27.2 Å². The molecule has 0 aliphatic carbocycles. The van der Waals surface area contributed by atoms with Gasteiger partial charge in [0.25, 0.3) is 0 Å². The van der Waals surface area contributed by atoms with E-state index in [1.165, 1.54) is 16.7 Å². The Morgan fingerprint density at radius 1 is 1.22 bits per heavy atom. The van der Waals surface area contributed by atoms with E-state index in [9.17, 15) is 24.6 Å². The monoisotopic (exact) mass is 542 g/mol. The molecule has 0 aromatic rings. The molecule has 0 spiro atoms. The van der Waals surface area contributed by atoms with E-state index in [0.717, 1.165) is 25.3 Å². The van der Waals surface area contributed by atoms with Crippen molar-refractivity contribution in [2.75, 3.05) is 51.6 Å². The van der Waals surface area contributed by atoms with Crippen LogP contribution in [0.2, 0.25) is 0 Å². The van der Waals surface area contributed by atoms with Gasteiger partial charge in [-0.25, -0.2) is 4.79 Å². The quantitative estimate of drug-likeness (QED) is 0.277. The molecule has 0 aromatic carbocycles. The number of amides is 2. The summed E-state index contributed by atoms with van der Waals surface area (Å²) in [6.07, 6.45) is -0.0819. The van der Waals surface area contributed by atoms with Crippen molar-refractivity contribution in [3.8, 4) is 0 Å². The van der Waals surface area contributed by atoms with Gasteiger partial charge in [0.2, 0.25) is 11.8 Å². The van der Waals surface area contributed by atoms with Crippen molar-refractivity contribution < 1.29 is 29.7 Å². The Balaban J connectivity index is 1.42. The summed E-state index contributed by atoms with van der Waals surface area (Å²) in [7, 11) is 0. The summed E-state index contributed by atoms with van der Waals surface area (Å²) in [5.41, 5.74) is 0.0548. The number of aliphatic hydroxyl groups excluding tert-OH is 2. The van der Waals surface area contributed by atoms with E-state index in [0.29, 0.717) is 31.1 Å². The van der Waals surface area contributed by atoms with E-state index in [2.05, 4.69) is 17.1 Å². The zero-order valence-electron chi connectivity index (χ0n) is 21.1. The lowest BCUT2D eigenvalue weighted by atomic mass is 9.79. The Morgan fingerprint density at radius 2 is 1.92 bits per heavy atom. The van der Waals surface area contributed by atoms with Gasteiger partial charge >= 0.3 is 5.97 Å². The number of fused-ring (bicyclic) bond motifs is 1. The maximum absolute atomic E-state index is 13.5. The molecule has 2 amide bonds. The minimum Gasteiger partial charge on any atom is -0.477 e. The van der Waals surface area contributed by atoms with Crippen molar-refractivity contribution in [1.29, 1.82) is 0 Å². The summed E-state index contributed by atoms with van der Waals surface area (Å²) < 4.78 is 0. The van der Waals surface area contributed by atoms with Crippen molar-refractivity contribution >= 4 is 41.3 Å². The second kappa shape index (κ2) is 11.6. The molecular weight excluding hydrogens is 504 g/mol. The number of nitrogens with one attached hydrogen (secondary N) is 1. The Labute approximate surface area is 220 Å². The molecule has 1 unspecified atom stereocenters. The van der Waals surface area contributed by atoms with Crippen LogP contribution in [0.4, 0.5) is 0 Å². The first-order chi connectivity index (χ1) is 17.2. The number of aliphatic hydroxyl groups is 2. The van der Waals surface area contributed by atoms with E-state index in [-0.39, 0.29) is 52.6 Å². The largest absolute Gasteiger partial charge is 0.477 e. The van der Waals surface area contributed by atoms with Crippen LogP contribution in [0.3, 0.4) is 0 Å². The van der Waals surface area contributed by atoms with Gasteiger partial charge in [0, 0.05) is 61.4 Å². The zero-order chi connectivity index (χ0) is 26.1. The van der Waals surface area contributed by atoms with Gasteiger partial charge < -0.3 is 30.4 Å². The average molecular weight is 543 g/mol. The summed E-state index contributed by atoms with van der Waals surface area (Å²) in [6.45, 7) is 9.83. The maximum atomic E-state index is 13.5. The highest BCUT2D eigenvalue weighted by Gasteiger charge is 2.60. The van der Waals surface area contributed by atoms with Gasteiger partial charge in [-0.1, -0.05) is 13.8 Å². The molecule has 0 radical (unpaired) electrons. The van der Waals surface area contributed by atoms with E-state index in [1.54, 1.807) is 18.7 Å². The molecule has 12 heteroatoms. The maximum Gasteiger partial charge on any atom is 0.353 e. The molecule has 4 N–H and O–H groups in total. The van der Waals surface area contributed by atoms with E-state index in [4.69, 9.17) is 5.11 Å². The first kappa shape index (κ1) is 27.7. The first-order valence-corrected chi connectivity index (χ1v) is 14.7. The highest BCUT2D eigenvalue weighted by molar-refractivity contribution is 8.03. The van der Waals surface area contributed by atoms with E-state index >= 15 is 0 Å². The Hall–Kier alpha value is -1.31. The van der Waals surface area contributed by atoms with Gasteiger partial charge in [-0.15, -0.1) is 23.5 Å². The molecule has 202 valence electrons. The third-order valence-corrected chi connectivity index (χ3v) is 10.5. The van der Waals surface area contributed by atoms with Crippen LogP contribution < -0.4 is 5.32 Å². The number of carbonyl (C=O) groups excluding carboxylic acids is 2. The topological polar surface area (TPSA) is 134 Å². The second-order valence-corrected chi connectivity index (χ2v) is 12.8. The molecule has 4 aliphatic rings. The first-order valence-electron chi connectivity index (χ1n) is 12.8. The Morgan fingerprint density at radius 3 is 2.50 bits per heavy atom. The predicted molar refractivity (Wildman–Crippen MR) is 139 cm³/mol. The number of carboxylic acids is 1. The Bertz CT molecular complexity index is 894. The lowest BCUT2D eigenvalue weighted by molar-refractivity contribution is -0.163. The summed E-state index contributed by atoms with van der Waals surface area (Å²) in [4.78, 5) is 44.3. The van der Waals surface area contributed by atoms with Gasteiger partial charge in [0.1, 0.15) is 5.70 Å². The normalized spacial score (nSPS) is 32.5. The standard InChI is InChI=1S/C24H38N4O6S2/c1-4-35-21(23(32)27-7-5-26(6-8-27)9-10-29)16-11-15(12-25-16)36-20-13(2)18-17(14(3)30)22(31)28(18)19(20)24(33)34/h13-18,21,25,29-30H,4-12H2,1-3H3,(H,33,34)/t13-,14-,15+,16+,17-,18-,21?/m1/s1. The van der Waals surface area contributed by atoms with Gasteiger partial charge in [-0.2, -0.15) is 0 Å². The van der Waals surface area contributed by atoms with Gasteiger partial charge in [0.05, 0.1) is 29.9 Å². The van der Waals surface area contributed by atoms with Crippen molar-refractivity contribution in [2.24, 2.45) is 11.8 Å². The molecule has 0 aromatic heterocycles. The number of thioether (sulfide) groups is 2. The molecule has 0 bridgehead atoms.